The van der Waals surface area contributed by atoms with Crippen molar-refractivity contribution >= 4 is 27.4 Å². The molecular formula is C8H5BrFNO3. The zero-order valence-electron chi connectivity index (χ0n) is 7.08. The lowest BCUT2D eigenvalue weighted by Gasteiger charge is -2.01. The molecule has 0 unspecified atom stereocenters. The molecule has 1 aromatic rings. The van der Waals surface area contributed by atoms with Gasteiger partial charge in [-0.25, -0.2) is 4.39 Å². The summed E-state index contributed by atoms with van der Waals surface area (Å²) in [5.74, 6) is -1.25. The van der Waals surface area contributed by atoms with Crippen LogP contribution in [0.15, 0.2) is 16.6 Å². The van der Waals surface area contributed by atoms with Gasteiger partial charge >= 0.3 is 0 Å². The highest BCUT2D eigenvalue weighted by molar-refractivity contribution is 9.10. The number of halogens is 2. The molecule has 0 N–H and O–H groups in total. The monoisotopic (exact) mass is 261 g/mol. The molecule has 0 fully saturated rings. The number of hydrogen-bond donors (Lipinski definition) is 0. The Morgan fingerprint density at radius 1 is 1.57 bits per heavy atom. The molecule has 0 aliphatic carbocycles. The molecule has 0 saturated heterocycles. The third-order valence-electron chi connectivity index (χ3n) is 1.60. The van der Waals surface area contributed by atoms with E-state index in [9.17, 15) is 19.3 Å². The Balaban J connectivity index is 3.43. The highest BCUT2D eigenvalue weighted by Gasteiger charge is 2.17. The van der Waals surface area contributed by atoms with Crippen LogP contribution < -0.4 is 0 Å². The molecule has 0 aliphatic heterocycles. The fourth-order valence-electron chi connectivity index (χ4n) is 0.936. The molecule has 0 radical (unpaired) electrons. The van der Waals surface area contributed by atoms with Crippen molar-refractivity contribution in [2.45, 2.75) is 6.92 Å². The van der Waals surface area contributed by atoms with Gasteiger partial charge in [0.15, 0.2) is 5.78 Å². The van der Waals surface area contributed by atoms with Gasteiger partial charge in [0.05, 0.1) is 15.5 Å². The van der Waals surface area contributed by atoms with E-state index < -0.39 is 22.2 Å². The second-order valence-corrected chi connectivity index (χ2v) is 3.40. The van der Waals surface area contributed by atoms with Crippen LogP contribution >= 0.6 is 15.9 Å². The molecule has 74 valence electrons. The van der Waals surface area contributed by atoms with Crippen LogP contribution in [0, 0.1) is 15.9 Å². The second kappa shape index (κ2) is 3.83. The molecular weight excluding hydrogens is 257 g/mol. The topological polar surface area (TPSA) is 60.2 Å². The van der Waals surface area contributed by atoms with E-state index in [4.69, 9.17) is 0 Å². The summed E-state index contributed by atoms with van der Waals surface area (Å²) in [6.07, 6.45) is 0. The molecule has 0 saturated carbocycles. The Morgan fingerprint density at radius 2 is 2.14 bits per heavy atom. The number of benzene rings is 1. The number of hydrogen-bond acceptors (Lipinski definition) is 3. The number of ketones is 1. The van der Waals surface area contributed by atoms with E-state index in [1.165, 1.54) is 6.92 Å². The van der Waals surface area contributed by atoms with Crippen molar-refractivity contribution in [2.75, 3.05) is 0 Å². The number of non-ortho nitro benzene ring substituents is 1. The van der Waals surface area contributed by atoms with Crippen LogP contribution in [0.2, 0.25) is 0 Å². The zero-order chi connectivity index (χ0) is 10.9. The lowest BCUT2D eigenvalue weighted by molar-refractivity contribution is -0.385. The minimum absolute atomic E-state index is 0.0308. The standard InChI is InChI=1S/C8H5BrFNO3/c1-4(12)6-2-5(11(13)14)3-7(10)8(6)9/h2-3H,1H3. The average molecular weight is 262 g/mol. The second-order valence-electron chi connectivity index (χ2n) is 2.60. The Hall–Kier alpha value is -1.30. The smallest absolute Gasteiger partial charge is 0.273 e. The SMILES string of the molecule is CC(=O)c1cc([N+](=O)[O-])cc(F)c1Br. The molecule has 0 heterocycles. The van der Waals surface area contributed by atoms with Crippen molar-refractivity contribution in [3.05, 3.63) is 38.1 Å². The Kier molecular flexibility index (Phi) is 2.95. The van der Waals surface area contributed by atoms with Crippen molar-refractivity contribution in [1.82, 2.24) is 0 Å². The van der Waals surface area contributed by atoms with E-state index in [1.807, 2.05) is 0 Å². The number of rotatable bonds is 2. The molecule has 0 aliphatic rings. The minimum atomic E-state index is -0.815. The Labute approximate surface area is 87.0 Å². The van der Waals surface area contributed by atoms with Gasteiger partial charge in [0.2, 0.25) is 0 Å². The summed E-state index contributed by atoms with van der Waals surface area (Å²) < 4.78 is 13.0. The fourth-order valence-corrected chi connectivity index (χ4v) is 1.44. The number of Topliss-reactive ketones (excluding diaryl/α,β-unsaturated/α-hetero) is 1. The van der Waals surface area contributed by atoms with Crippen molar-refractivity contribution in [2.24, 2.45) is 0 Å². The number of nitro benzene ring substituents is 1. The Morgan fingerprint density at radius 3 is 2.57 bits per heavy atom. The minimum Gasteiger partial charge on any atom is -0.294 e. The van der Waals surface area contributed by atoms with Crippen LogP contribution in [0.4, 0.5) is 10.1 Å². The maximum atomic E-state index is 13.1. The predicted molar refractivity (Wildman–Crippen MR) is 50.8 cm³/mol. The first kappa shape index (κ1) is 10.8. The van der Waals surface area contributed by atoms with Gasteiger partial charge in [-0.2, -0.15) is 0 Å². The average Bonchev–Trinajstić information content (AvgIpc) is 2.08. The molecule has 6 heteroatoms. The van der Waals surface area contributed by atoms with E-state index in [1.54, 1.807) is 0 Å². The van der Waals surface area contributed by atoms with Crippen molar-refractivity contribution in [1.29, 1.82) is 0 Å². The van der Waals surface area contributed by atoms with Gasteiger partial charge < -0.3 is 0 Å². The van der Waals surface area contributed by atoms with Crippen LogP contribution in [0.1, 0.15) is 17.3 Å². The van der Waals surface area contributed by atoms with Crippen molar-refractivity contribution in [3.63, 3.8) is 0 Å². The fraction of sp³-hybridized carbons (Fsp3) is 0.125. The van der Waals surface area contributed by atoms with Crippen LogP contribution in [0.3, 0.4) is 0 Å². The van der Waals surface area contributed by atoms with Gasteiger partial charge in [0.25, 0.3) is 5.69 Å². The summed E-state index contributed by atoms with van der Waals surface area (Å²) in [5, 5.41) is 10.4. The van der Waals surface area contributed by atoms with Gasteiger partial charge in [0, 0.05) is 11.6 Å². The molecule has 0 atom stereocenters. The first-order chi connectivity index (χ1) is 6.43. The van der Waals surface area contributed by atoms with Gasteiger partial charge in [-0.1, -0.05) is 0 Å². The molecule has 0 spiro atoms. The summed E-state index contributed by atoms with van der Waals surface area (Å²) in [5.41, 5.74) is -0.465. The molecule has 4 nitrogen and oxygen atoms in total. The predicted octanol–water partition coefficient (Wildman–Crippen LogP) is 2.70. The lowest BCUT2D eigenvalue weighted by atomic mass is 10.1. The van der Waals surface area contributed by atoms with E-state index in [0.717, 1.165) is 12.1 Å². The third-order valence-corrected chi connectivity index (χ3v) is 2.41. The Bertz CT molecular complexity index is 419. The van der Waals surface area contributed by atoms with E-state index in [0.29, 0.717) is 0 Å². The van der Waals surface area contributed by atoms with Crippen molar-refractivity contribution < 1.29 is 14.1 Å². The highest BCUT2D eigenvalue weighted by Crippen LogP contribution is 2.26. The summed E-state index contributed by atoms with van der Waals surface area (Å²) in [4.78, 5) is 20.6. The highest BCUT2D eigenvalue weighted by atomic mass is 79.9. The van der Waals surface area contributed by atoms with Crippen LogP contribution in [0.25, 0.3) is 0 Å². The first-order valence-corrected chi connectivity index (χ1v) is 4.37. The summed E-state index contributed by atoms with van der Waals surface area (Å²) in [7, 11) is 0. The molecule has 14 heavy (non-hydrogen) atoms. The molecule has 1 aromatic carbocycles. The van der Waals surface area contributed by atoms with Gasteiger partial charge in [-0.15, -0.1) is 0 Å². The summed E-state index contributed by atoms with van der Waals surface area (Å²) >= 11 is 2.85. The summed E-state index contributed by atoms with van der Waals surface area (Å²) in [6, 6.07) is 1.80. The lowest BCUT2D eigenvalue weighted by Crippen LogP contribution is -1.99. The van der Waals surface area contributed by atoms with Gasteiger partial charge in [-0.3, -0.25) is 14.9 Å². The zero-order valence-corrected chi connectivity index (χ0v) is 8.67. The van der Waals surface area contributed by atoms with E-state index in [-0.39, 0.29) is 10.0 Å². The number of nitro groups is 1. The number of carbonyl (C=O) groups is 1. The van der Waals surface area contributed by atoms with Crippen LogP contribution in [-0.2, 0) is 0 Å². The number of carbonyl (C=O) groups excluding carboxylic acids is 1. The van der Waals surface area contributed by atoms with Crippen LogP contribution in [-0.4, -0.2) is 10.7 Å². The van der Waals surface area contributed by atoms with Crippen LogP contribution in [0.5, 0.6) is 0 Å². The first-order valence-electron chi connectivity index (χ1n) is 3.58. The van der Waals surface area contributed by atoms with Crippen molar-refractivity contribution in [3.8, 4) is 0 Å². The quantitative estimate of drug-likeness (QED) is 0.467. The maximum Gasteiger partial charge on any atom is 0.273 e. The maximum absolute atomic E-state index is 13.1. The number of nitrogens with zero attached hydrogens (tertiary/aromatic N) is 1. The molecule has 0 aromatic heterocycles. The third kappa shape index (κ3) is 1.95. The molecule has 0 bridgehead atoms. The van der Waals surface area contributed by atoms with Gasteiger partial charge in [-0.05, 0) is 22.9 Å². The molecule has 1 rings (SSSR count). The van der Waals surface area contributed by atoms with E-state index >= 15 is 0 Å². The normalized spacial score (nSPS) is 9.93. The largest absolute Gasteiger partial charge is 0.294 e. The molecule has 0 amide bonds. The summed E-state index contributed by atoms with van der Waals surface area (Å²) in [6.45, 7) is 1.21. The van der Waals surface area contributed by atoms with Gasteiger partial charge in [0.1, 0.15) is 5.82 Å². The van der Waals surface area contributed by atoms with E-state index in [2.05, 4.69) is 15.9 Å².